The summed E-state index contributed by atoms with van der Waals surface area (Å²) in [4.78, 5) is 13.0. The second kappa shape index (κ2) is 8.23. The van der Waals surface area contributed by atoms with Crippen molar-refractivity contribution in [3.63, 3.8) is 0 Å². The first-order valence-electron chi connectivity index (χ1n) is 10.5. The molecule has 2 heterocycles. The van der Waals surface area contributed by atoms with Crippen LogP contribution in [0.1, 0.15) is 45.9 Å². The number of carbonyl (C=O) groups is 1. The predicted octanol–water partition coefficient (Wildman–Crippen LogP) is 5.27. The van der Waals surface area contributed by atoms with Crippen molar-refractivity contribution in [2.75, 3.05) is 5.32 Å². The normalized spacial score (nSPS) is 13.8. The minimum absolute atomic E-state index is 0.0965. The molecular weight excluding hydrogens is 431 g/mol. The van der Waals surface area contributed by atoms with E-state index in [-0.39, 0.29) is 17.5 Å². The number of halogens is 3. The number of nitrogens with one attached hydrogen (secondary N) is 1. The Labute approximate surface area is 187 Å². The lowest BCUT2D eigenvalue weighted by atomic mass is 10.1. The average molecular weight is 451 g/mol. The van der Waals surface area contributed by atoms with Crippen LogP contribution >= 0.6 is 0 Å². The van der Waals surface area contributed by atoms with E-state index in [9.17, 15) is 18.0 Å². The van der Waals surface area contributed by atoms with Crippen molar-refractivity contribution in [3.8, 4) is 5.69 Å². The smallest absolute Gasteiger partial charge is 0.322 e. The van der Waals surface area contributed by atoms with Crippen LogP contribution < -0.4 is 5.32 Å². The Bertz CT molecular complexity index is 1270. The third-order valence-electron chi connectivity index (χ3n) is 5.55. The monoisotopic (exact) mass is 451 g/mol. The molecule has 1 N–H and O–H groups in total. The highest BCUT2D eigenvalue weighted by Crippen LogP contribution is 2.43. The molecule has 1 saturated carbocycles. The van der Waals surface area contributed by atoms with Gasteiger partial charge in [0.05, 0.1) is 35.2 Å². The molecule has 1 aliphatic carbocycles. The van der Waals surface area contributed by atoms with Crippen LogP contribution in [0.4, 0.5) is 18.9 Å². The van der Waals surface area contributed by atoms with Gasteiger partial charge >= 0.3 is 6.18 Å². The highest BCUT2D eigenvalue weighted by Gasteiger charge is 2.34. The minimum Gasteiger partial charge on any atom is -0.322 e. The number of alkyl halides is 3. The molecule has 0 saturated heterocycles. The Morgan fingerprint density at radius 1 is 1.06 bits per heavy atom. The highest BCUT2D eigenvalue weighted by atomic mass is 19.4. The van der Waals surface area contributed by atoms with Crippen LogP contribution in [0.2, 0.25) is 0 Å². The summed E-state index contributed by atoms with van der Waals surface area (Å²) in [5.74, 6) is -0.241. The van der Waals surface area contributed by atoms with Gasteiger partial charge < -0.3 is 5.32 Å². The molecule has 0 aliphatic heterocycles. The zero-order valence-electron chi connectivity index (χ0n) is 17.5. The first-order chi connectivity index (χ1) is 15.9. The van der Waals surface area contributed by atoms with Gasteiger partial charge in [-0.3, -0.25) is 9.48 Å². The van der Waals surface area contributed by atoms with Gasteiger partial charge in [0.1, 0.15) is 0 Å². The lowest BCUT2D eigenvalue weighted by Gasteiger charge is -2.12. The zero-order chi connectivity index (χ0) is 23.0. The Balaban J connectivity index is 1.38. The Hall–Kier alpha value is -3.88. The summed E-state index contributed by atoms with van der Waals surface area (Å²) in [6.45, 7) is 0.622. The summed E-state index contributed by atoms with van der Waals surface area (Å²) in [6, 6.07) is 14.3. The molecule has 4 aromatic rings. The topological polar surface area (TPSA) is 64.7 Å². The summed E-state index contributed by atoms with van der Waals surface area (Å²) < 4.78 is 42.8. The fraction of sp³-hybridized carbons (Fsp3) is 0.208. The molecular formula is C24H20F3N5O. The van der Waals surface area contributed by atoms with E-state index in [1.807, 2.05) is 36.5 Å². The number of hydrogen-bond donors (Lipinski definition) is 1. The van der Waals surface area contributed by atoms with Crippen LogP contribution in [0.3, 0.4) is 0 Å². The van der Waals surface area contributed by atoms with E-state index in [0.717, 1.165) is 30.5 Å². The molecule has 0 radical (unpaired) electrons. The molecule has 0 atom stereocenters. The molecule has 168 valence electrons. The van der Waals surface area contributed by atoms with E-state index in [2.05, 4.69) is 15.5 Å². The fourth-order valence-corrected chi connectivity index (χ4v) is 3.78. The van der Waals surface area contributed by atoms with Gasteiger partial charge in [-0.1, -0.05) is 18.2 Å². The third-order valence-corrected chi connectivity index (χ3v) is 5.55. The van der Waals surface area contributed by atoms with E-state index in [1.165, 1.54) is 16.9 Å². The maximum absolute atomic E-state index is 13.2. The van der Waals surface area contributed by atoms with Crippen molar-refractivity contribution in [1.82, 2.24) is 19.6 Å². The standard InChI is InChI=1S/C24H20F3N5O/c25-24(26,27)18-3-1-4-20(13-18)32-22(17-7-8-17)21(14-29-32)23(33)30-19-9-5-16(6-10-19)15-31-12-2-11-28-31/h1-6,9-14,17H,7-8,15H2,(H,30,33). The average Bonchev–Trinajstić information content (AvgIpc) is 3.32. The second-order valence-corrected chi connectivity index (χ2v) is 8.03. The van der Waals surface area contributed by atoms with Crippen molar-refractivity contribution in [1.29, 1.82) is 0 Å². The summed E-state index contributed by atoms with van der Waals surface area (Å²) >= 11 is 0. The molecule has 9 heteroatoms. The molecule has 1 amide bonds. The largest absolute Gasteiger partial charge is 0.416 e. The van der Waals surface area contributed by atoms with Gasteiger partial charge in [0.2, 0.25) is 0 Å². The van der Waals surface area contributed by atoms with Crippen LogP contribution in [0.15, 0.2) is 73.2 Å². The van der Waals surface area contributed by atoms with Gasteiger partial charge in [0, 0.05) is 24.0 Å². The van der Waals surface area contributed by atoms with E-state index in [0.29, 0.717) is 23.5 Å². The number of anilines is 1. The van der Waals surface area contributed by atoms with Crippen LogP contribution in [0.25, 0.3) is 5.69 Å². The Morgan fingerprint density at radius 2 is 1.85 bits per heavy atom. The van der Waals surface area contributed by atoms with Gasteiger partial charge in [-0.2, -0.15) is 23.4 Å². The van der Waals surface area contributed by atoms with Crippen molar-refractivity contribution in [3.05, 3.63) is 95.6 Å². The van der Waals surface area contributed by atoms with Gasteiger partial charge in [0.25, 0.3) is 5.91 Å². The molecule has 0 spiro atoms. The van der Waals surface area contributed by atoms with Crippen LogP contribution in [-0.4, -0.2) is 25.5 Å². The molecule has 1 fully saturated rings. The van der Waals surface area contributed by atoms with E-state index in [4.69, 9.17) is 0 Å². The van der Waals surface area contributed by atoms with Crippen LogP contribution in [-0.2, 0) is 12.7 Å². The molecule has 0 unspecified atom stereocenters. The van der Waals surface area contributed by atoms with Gasteiger partial charge in [-0.15, -0.1) is 0 Å². The van der Waals surface area contributed by atoms with E-state index in [1.54, 1.807) is 16.9 Å². The SMILES string of the molecule is O=C(Nc1ccc(Cn2cccn2)cc1)c1cnn(-c2cccc(C(F)(F)F)c2)c1C1CC1. The zero-order valence-corrected chi connectivity index (χ0v) is 17.5. The van der Waals surface area contributed by atoms with Crippen molar-refractivity contribution >= 4 is 11.6 Å². The van der Waals surface area contributed by atoms with Crippen LogP contribution in [0.5, 0.6) is 0 Å². The molecule has 5 rings (SSSR count). The van der Waals surface area contributed by atoms with Gasteiger partial charge in [-0.25, -0.2) is 4.68 Å². The molecule has 1 aliphatic rings. The number of carbonyl (C=O) groups excluding carboxylic acids is 1. The number of nitrogens with zero attached hydrogens (tertiary/aromatic N) is 4. The second-order valence-electron chi connectivity index (χ2n) is 8.03. The fourth-order valence-electron chi connectivity index (χ4n) is 3.78. The van der Waals surface area contributed by atoms with Crippen molar-refractivity contribution in [2.24, 2.45) is 0 Å². The number of aromatic nitrogens is 4. The predicted molar refractivity (Wildman–Crippen MR) is 116 cm³/mol. The summed E-state index contributed by atoms with van der Waals surface area (Å²) in [5, 5.41) is 11.3. The molecule has 2 aromatic carbocycles. The minimum atomic E-state index is -4.45. The summed E-state index contributed by atoms with van der Waals surface area (Å²) in [7, 11) is 0. The first-order valence-corrected chi connectivity index (χ1v) is 10.5. The van der Waals surface area contributed by atoms with Gasteiger partial charge in [0.15, 0.2) is 0 Å². The van der Waals surface area contributed by atoms with Crippen molar-refractivity contribution in [2.45, 2.75) is 31.5 Å². The Kier molecular flexibility index (Phi) is 5.24. The first kappa shape index (κ1) is 21.0. The lowest BCUT2D eigenvalue weighted by molar-refractivity contribution is -0.137. The van der Waals surface area contributed by atoms with E-state index < -0.39 is 11.7 Å². The molecule has 33 heavy (non-hydrogen) atoms. The number of hydrogen-bond acceptors (Lipinski definition) is 3. The molecule has 6 nitrogen and oxygen atoms in total. The van der Waals surface area contributed by atoms with E-state index >= 15 is 0 Å². The maximum atomic E-state index is 13.2. The third kappa shape index (κ3) is 4.52. The van der Waals surface area contributed by atoms with Crippen molar-refractivity contribution < 1.29 is 18.0 Å². The molecule has 0 bridgehead atoms. The summed E-state index contributed by atoms with van der Waals surface area (Å²) in [5.41, 5.74) is 2.20. The number of amides is 1. The van der Waals surface area contributed by atoms with Crippen LogP contribution in [0, 0.1) is 0 Å². The Morgan fingerprint density at radius 3 is 2.52 bits per heavy atom. The maximum Gasteiger partial charge on any atom is 0.416 e. The van der Waals surface area contributed by atoms with Gasteiger partial charge in [-0.05, 0) is 54.8 Å². The quantitative estimate of drug-likeness (QED) is 0.435. The number of rotatable bonds is 6. The summed E-state index contributed by atoms with van der Waals surface area (Å²) in [6.07, 6.45) is 2.30. The lowest BCUT2D eigenvalue weighted by Crippen LogP contribution is -2.14. The molecule has 2 aromatic heterocycles. The number of benzene rings is 2. The highest BCUT2D eigenvalue weighted by molar-refractivity contribution is 6.05.